The van der Waals surface area contributed by atoms with Crippen LogP contribution in [0.25, 0.3) is 0 Å². The third-order valence-corrected chi connectivity index (χ3v) is 3.31. The molecular formula is C14H22ClN. The molecule has 1 rings (SSSR count). The van der Waals surface area contributed by atoms with Crippen LogP contribution in [0.1, 0.15) is 39.2 Å². The highest BCUT2D eigenvalue weighted by molar-refractivity contribution is 6.30. The van der Waals surface area contributed by atoms with Crippen molar-refractivity contribution in [2.45, 2.75) is 39.7 Å². The van der Waals surface area contributed by atoms with Crippen LogP contribution in [0.15, 0.2) is 24.3 Å². The van der Waals surface area contributed by atoms with Crippen LogP contribution in [0.3, 0.4) is 0 Å². The number of rotatable bonds is 5. The molecule has 0 aromatic heterocycles. The van der Waals surface area contributed by atoms with Crippen molar-refractivity contribution >= 4 is 11.6 Å². The van der Waals surface area contributed by atoms with Gasteiger partial charge in [0.05, 0.1) is 0 Å². The summed E-state index contributed by atoms with van der Waals surface area (Å²) < 4.78 is 0. The predicted octanol–water partition coefficient (Wildman–Crippen LogP) is 4.08. The Balaban J connectivity index is 2.59. The second-order valence-electron chi connectivity index (χ2n) is 4.88. The standard InChI is InChI=1S/C14H22ClN/c1-10(2)16-9-11(3)12(4)13-6-5-7-14(15)8-13/h5-8,10-12,16H,9H2,1-4H3. The lowest BCUT2D eigenvalue weighted by Gasteiger charge is -2.22. The van der Waals surface area contributed by atoms with Crippen LogP contribution in [-0.2, 0) is 0 Å². The quantitative estimate of drug-likeness (QED) is 0.817. The smallest absolute Gasteiger partial charge is 0.0408 e. The summed E-state index contributed by atoms with van der Waals surface area (Å²) in [5.74, 6) is 1.14. The maximum Gasteiger partial charge on any atom is 0.0408 e. The van der Waals surface area contributed by atoms with E-state index in [1.165, 1.54) is 5.56 Å². The van der Waals surface area contributed by atoms with Gasteiger partial charge in [-0.15, -0.1) is 0 Å². The highest BCUT2D eigenvalue weighted by Gasteiger charge is 2.14. The van der Waals surface area contributed by atoms with Crippen molar-refractivity contribution in [1.82, 2.24) is 5.32 Å². The van der Waals surface area contributed by atoms with Crippen LogP contribution in [0.4, 0.5) is 0 Å². The van der Waals surface area contributed by atoms with Crippen LogP contribution in [-0.4, -0.2) is 12.6 Å². The Labute approximate surface area is 104 Å². The Morgan fingerprint density at radius 2 is 1.88 bits per heavy atom. The summed E-state index contributed by atoms with van der Waals surface area (Å²) in [6, 6.07) is 8.72. The largest absolute Gasteiger partial charge is 0.314 e. The molecule has 0 fully saturated rings. The number of hydrogen-bond acceptors (Lipinski definition) is 1. The van der Waals surface area contributed by atoms with E-state index < -0.39 is 0 Å². The van der Waals surface area contributed by atoms with Crippen molar-refractivity contribution in [1.29, 1.82) is 0 Å². The molecule has 0 amide bonds. The van der Waals surface area contributed by atoms with Crippen molar-refractivity contribution in [3.8, 4) is 0 Å². The summed E-state index contributed by atoms with van der Waals surface area (Å²) in [4.78, 5) is 0. The molecule has 2 unspecified atom stereocenters. The Morgan fingerprint density at radius 3 is 2.44 bits per heavy atom. The molecule has 2 atom stereocenters. The van der Waals surface area contributed by atoms with E-state index in [0.29, 0.717) is 17.9 Å². The molecule has 0 heterocycles. The van der Waals surface area contributed by atoms with E-state index in [-0.39, 0.29) is 0 Å². The number of hydrogen-bond donors (Lipinski definition) is 1. The van der Waals surface area contributed by atoms with Gasteiger partial charge in [0.1, 0.15) is 0 Å². The SMILES string of the molecule is CC(C)NCC(C)C(C)c1cccc(Cl)c1. The van der Waals surface area contributed by atoms with Gasteiger partial charge < -0.3 is 5.32 Å². The van der Waals surface area contributed by atoms with Gasteiger partial charge in [-0.2, -0.15) is 0 Å². The highest BCUT2D eigenvalue weighted by Crippen LogP contribution is 2.25. The van der Waals surface area contributed by atoms with Gasteiger partial charge in [-0.1, -0.05) is 51.4 Å². The summed E-state index contributed by atoms with van der Waals surface area (Å²) in [6.45, 7) is 9.94. The second-order valence-corrected chi connectivity index (χ2v) is 5.32. The van der Waals surface area contributed by atoms with Crippen molar-refractivity contribution in [3.63, 3.8) is 0 Å². The minimum Gasteiger partial charge on any atom is -0.314 e. The molecule has 0 aliphatic heterocycles. The van der Waals surface area contributed by atoms with E-state index in [9.17, 15) is 0 Å². The third-order valence-electron chi connectivity index (χ3n) is 3.08. The van der Waals surface area contributed by atoms with Gasteiger partial charge in [0.15, 0.2) is 0 Å². The van der Waals surface area contributed by atoms with Gasteiger partial charge in [0.2, 0.25) is 0 Å². The molecule has 0 spiro atoms. The molecule has 0 aliphatic carbocycles. The van der Waals surface area contributed by atoms with Gasteiger partial charge in [-0.05, 0) is 36.1 Å². The molecule has 90 valence electrons. The zero-order chi connectivity index (χ0) is 12.1. The van der Waals surface area contributed by atoms with Crippen LogP contribution < -0.4 is 5.32 Å². The zero-order valence-electron chi connectivity index (χ0n) is 10.6. The van der Waals surface area contributed by atoms with Crippen LogP contribution in [0, 0.1) is 5.92 Å². The lowest BCUT2D eigenvalue weighted by Crippen LogP contribution is -2.29. The van der Waals surface area contributed by atoms with Crippen LogP contribution >= 0.6 is 11.6 Å². The van der Waals surface area contributed by atoms with Crippen molar-refractivity contribution in [2.75, 3.05) is 6.54 Å². The van der Waals surface area contributed by atoms with Crippen LogP contribution in [0.5, 0.6) is 0 Å². The lowest BCUT2D eigenvalue weighted by molar-refractivity contribution is 0.426. The molecule has 0 saturated carbocycles. The van der Waals surface area contributed by atoms with Gasteiger partial charge >= 0.3 is 0 Å². The van der Waals surface area contributed by atoms with Crippen LogP contribution in [0.2, 0.25) is 5.02 Å². The average molecular weight is 240 g/mol. The Morgan fingerprint density at radius 1 is 1.19 bits per heavy atom. The van der Waals surface area contributed by atoms with E-state index in [4.69, 9.17) is 11.6 Å². The van der Waals surface area contributed by atoms with Crippen molar-refractivity contribution in [3.05, 3.63) is 34.9 Å². The predicted molar refractivity (Wildman–Crippen MR) is 72.2 cm³/mol. The average Bonchev–Trinajstić information content (AvgIpc) is 2.24. The summed E-state index contributed by atoms with van der Waals surface area (Å²) in [5.41, 5.74) is 1.32. The minimum absolute atomic E-state index is 0.532. The van der Waals surface area contributed by atoms with Crippen molar-refractivity contribution in [2.24, 2.45) is 5.92 Å². The fourth-order valence-corrected chi connectivity index (χ4v) is 1.92. The number of benzene rings is 1. The molecule has 0 bridgehead atoms. The minimum atomic E-state index is 0.532. The molecular weight excluding hydrogens is 218 g/mol. The first-order chi connectivity index (χ1) is 7.50. The molecule has 0 radical (unpaired) electrons. The maximum absolute atomic E-state index is 6.01. The first-order valence-electron chi connectivity index (χ1n) is 5.99. The van der Waals surface area contributed by atoms with Gasteiger partial charge in [-0.25, -0.2) is 0 Å². The zero-order valence-corrected chi connectivity index (χ0v) is 11.4. The summed E-state index contributed by atoms with van der Waals surface area (Å²) in [6.07, 6.45) is 0. The van der Waals surface area contributed by atoms with Gasteiger partial charge in [-0.3, -0.25) is 0 Å². The first-order valence-corrected chi connectivity index (χ1v) is 6.37. The number of nitrogens with one attached hydrogen (secondary N) is 1. The van der Waals surface area contributed by atoms with Gasteiger partial charge in [0.25, 0.3) is 0 Å². The molecule has 2 heteroatoms. The molecule has 16 heavy (non-hydrogen) atoms. The summed E-state index contributed by atoms with van der Waals surface area (Å²) in [7, 11) is 0. The summed E-state index contributed by atoms with van der Waals surface area (Å²) in [5, 5.41) is 4.30. The molecule has 1 aromatic carbocycles. The van der Waals surface area contributed by atoms with E-state index in [1.54, 1.807) is 0 Å². The molecule has 0 saturated heterocycles. The van der Waals surface area contributed by atoms with E-state index in [1.807, 2.05) is 12.1 Å². The molecule has 1 N–H and O–H groups in total. The van der Waals surface area contributed by atoms with E-state index >= 15 is 0 Å². The van der Waals surface area contributed by atoms with Crippen molar-refractivity contribution < 1.29 is 0 Å². The fourth-order valence-electron chi connectivity index (χ4n) is 1.72. The molecule has 1 aromatic rings. The monoisotopic (exact) mass is 239 g/mol. The molecule has 1 nitrogen and oxygen atoms in total. The lowest BCUT2D eigenvalue weighted by atomic mass is 9.89. The fraction of sp³-hybridized carbons (Fsp3) is 0.571. The Bertz CT molecular complexity index is 322. The maximum atomic E-state index is 6.01. The Kier molecular flexibility index (Phi) is 5.30. The number of halogens is 1. The summed E-state index contributed by atoms with van der Waals surface area (Å²) >= 11 is 6.01. The third kappa shape index (κ3) is 4.15. The van der Waals surface area contributed by atoms with Gasteiger partial charge in [0, 0.05) is 11.1 Å². The van der Waals surface area contributed by atoms with E-state index in [2.05, 4.69) is 45.1 Å². The second kappa shape index (κ2) is 6.27. The Hall–Kier alpha value is -0.530. The normalized spacial score (nSPS) is 15.1. The molecule has 0 aliphatic rings. The van der Waals surface area contributed by atoms with E-state index in [0.717, 1.165) is 11.6 Å². The topological polar surface area (TPSA) is 12.0 Å². The highest BCUT2D eigenvalue weighted by atomic mass is 35.5. The first kappa shape index (κ1) is 13.5.